The van der Waals surface area contributed by atoms with E-state index in [1.54, 1.807) is 0 Å². The first-order chi connectivity index (χ1) is 5.10. The van der Waals surface area contributed by atoms with Crippen LogP contribution in [0.5, 0.6) is 0 Å². The molecule has 3 N–H and O–H groups in total. The summed E-state index contributed by atoms with van der Waals surface area (Å²) in [6, 6.07) is -0.106. The van der Waals surface area contributed by atoms with Crippen LogP contribution in [0, 0.1) is 0 Å². The fourth-order valence-corrected chi connectivity index (χ4v) is 3.30. The summed E-state index contributed by atoms with van der Waals surface area (Å²) in [6.45, 7) is 12.8. The van der Waals surface area contributed by atoms with Crippen LogP contribution in [0.2, 0.25) is 18.1 Å². The Balaban J connectivity index is 4.61. The van der Waals surface area contributed by atoms with E-state index in [1.165, 1.54) is 0 Å². The van der Waals surface area contributed by atoms with Crippen molar-refractivity contribution in [3.8, 4) is 0 Å². The highest BCUT2D eigenvalue weighted by molar-refractivity contribution is 6.81. The summed E-state index contributed by atoms with van der Waals surface area (Å²) in [5.41, 5.74) is 5.40. The molecule has 0 heterocycles. The fraction of sp³-hybridized carbons (Fsp3) is 1.00. The predicted octanol–water partition coefficient (Wildman–Crippen LogP) is 1.74. The Morgan fingerprint density at radius 3 is 1.67 bits per heavy atom. The summed E-state index contributed by atoms with van der Waals surface area (Å²) in [5.74, 6) is 0. The van der Waals surface area contributed by atoms with Crippen LogP contribution in [0.3, 0.4) is 0 Å². The normalized spacial score (nSPS) is 19.0. The summed E-state index contributed by atoms with van der Waals surface area (Å²) in [6.07, 6.45) is 0. The molecule has 0 saturated heterocycles. The molecule has 2 atom stereocenters. The number of nitrogens with two attached hydrogens (primary N) is 1. The molecule has 0 fully saturated rings. The lowest BCUT2D eigenvalue weighted by Gasteiger charge is -2.42. The van der Waals surface area contributed by atoms with Gasteiger partial charge < -0.3 is 10.8 Å². The third-order valence-electron chi connectivity index (χ3n) is 3.17. The lowest BCUT2D eigenvalue weighted by atomic mass is 10.2. The molecule has 0 aliphatic rings. The quantitative estimate of drug-likeness (QED) is 0.650. The number of rotatable bonds is 2. The van der Waals surface area contributed by atoms with E-state index >= 15 is 0 Å². The maximum atomic E-state index is 9.93. The van der Waals surface area contributed by atoms with Crippen molar-refractivity contribution in [1.29, 1.82) is 0 Å². The molecule has 0 amide bonds. The minimum absolute atomic E-state index is 0.106. The van der Waals surface area contributed by atoms with Crippen LogP contribution in [-0.4, -0.2) is 24.9 Å². The molecular formula is C9H23NOSi. The molecule has 0 aromatic rings. The standard InChI is InChI=1S/C9H23NOSi/c1-7(10)8(11)12(5,6)9(2,3)4/h7-8,11H,10H2,1-6H3. The van der Waals surface area contributed by atoms with Crippen LogP contribution in [0.4, 0.5) is 0 Å². The van der Waals surface area contributed by atoms with Gasteiger partial charge in [0.1, 0.15) is 0 Å². The maximum absolute atomic E-state index is 9.93. The number of hydrogen-bond donors (Lipinski definition) is 2. The van der Waals surface area contributed by atoms with Gasteiger partial charge in [-0.2, -0.15) is 0 Å². The highest BCUT2D eigenvalue weighted by Gasteiger charge is 2.42. The highest BCUT2D eigenvalue weighted by Crippen LogP contribution is 2.38. The van der Waals surface area contributed by atoms with Crippen molar-refractivity contribution in [2.45, 2.75) is 57.6 Å². The molecule has 0 spiro atoms. The van der Waals surface area contributed by atoms with Gasteiger partial charge in [0, 0.05) is 6.04 Å². The second kappa shape index (κ2) is 3.48. The first kappa shape index (κ1) is 12.1. The zero-order valence-electron chi connectivity index (χ0n) is 9.18. The molecule has 0 rings (SSSR count). The van der Waals surface area contributed by atoms with Crippen molar-refractivity contribution >= 4 is 8.07 Å². The Morgan fingerprint density at radius 1 is 1.25 bits per heavy atom. The third-order valence-corrected chi connectivity index (χ3v) is 9.04. The molecule has 0 aromatic carbocycles. The summed E-state index contributed by atoms with van der Waals surface area (Å²) in [4.78, 5) is 0. The minimum Gasteiger partial charge on any atom is -0.395 e. The maximum Gasteiger partial charge on any atom is 0.0885 e. The number of aliphatic hydroxyl groups excluding tert-OH is 1. The third kappa shape index (κ3) is 2.31. The van der Waals surface area contributed by atoms with Gasteiger partial charge in [-0.15, -0.1) is 0 Å². The Kier molecular flexibility index (Phi) is 3.52. The van der Waals surface area contributed by atoms with Gasteiger partial charge in [-0.1, -0.05) is 33.9 Å². The molecule has 0 aliphatic heterocycles. The van der Waals surface area contributed by atoms with Crippen LogP contribution in [0.1, 0.15) is 27.7 Å². The Morgan fingerprint density at radius 2 is 1.58 bits per heavy atom. The molecule has 2 nitrogen and oxygen atoms in total. The van der Waals surface area contributed by atoms with Crippen LogP contribution >= 0.6 is 0 Å². The lowest BCUT2D eigenvalue weighted by Crippen LogP contribution is -2.56. The van der Waals surface area contributed by atoms with Crippen molar-refractivity contribution in [2.75, 3.05) is 0 Å². The summed E-state index contributed by atoms with van der Waals surface area (Å²) in [5, 5.41) is 10.1. The van der Waals surface area contributed by atoms with E-state index in [1.807, 2.05) is 6.92 Å². The van der Waals surface area contributed by atoms with E-state index in [4.69, 9.17) is 5.73 Å². The summed E-state index contributed by atoms with van der Waals surface area (Å²) < 4.78 is 0. The van der Waals surface area contributed by atoms with E-state index < -0.39 is 8.07 Å². The second-order valence-corrected chi connectivity index (χ2v) is 10.8. The van der Waals surface area contributed by atoms with E-state index in [0.29, 0.717) is 0 Å². The number of aliphatic hydroxyl groups is 1. The van der Waals surface area contributed by atoms with Gasteiger partial charge in [0.15, 0.2) is 0 Å². The van der Waals surface area contributed by atoms with Gasteiger partial charge in [-0.05, 0) is 12.0 Å². The SMILES string of the molecule is CC(N)C(O)[Si](C)(C)C(C)(C)C. The van der Waals surface area contributed by atoms with Crippen LogP contribution in [0.25, 0.3) is 0 Å². The van der Waals surface area contributed by atoms with E-state index in [9.17, 15) is 5.11 Å². The van der Waals surface area contributed by atoms with Gasteiger partial charge in [0.05, 0.1) is 13.8 Å². The summed E-state index contributed by atoms with van der Waals surface area (Å²) in [7, 11) is -1.64. The van der Waals surface area contributed by atoms with Crippen LogP contribution in [-0.2, 0) is 0 Å². The molecule has 2 unspecified atom stereocenters. The van der Waals surface area contributed by atoms with Crippen molar-refractivity contribution < 1.29 is 5.11 Å². The molecule has 0 saturated carbocycles. The molecule has 0 bridgehead atoms. The molecule has 0 aromatic heterocycles. The summed E-state index contributed by atoms with van der Waals surface area (Å²) >= 11 is 0. The zero-order valence-corrected chi connectivity index (χ0v) is 10.2. The molecule has 3 heteroatoms. The predicted molar refractivity (Wildman–Crippen MR) is 56.9 cm³/mol. The van der Waals surface area contributed by atoms with Gasteiger partial charge in [0.25, 0.3) is 0 Å². The fourth-order valence-electron chi connectivity index (χ4n) is 1.10. The molecule has 0 aliphatic carbocycles. The largest absolute Gasteiger partial charge is 0.395 e. The minimum atomic E-state index is -1.64. The van der Waals surface area contributed by atoms with Crippen molar-refractivity contribution in [3.05, 3.63) is 0 Å². The molecular weight excluding hydrogens is 166 g/mol. The van der Waals surface area contributed by atoms with E-state index in [0.717, 1.165) is 0 Å². The average molecular weight is 189 g/mol. The first-order valence-electron chi connectivity index (χ1n) is 4.54. The van der Waals surface area contributed by atoms with E-state index in [2.05, 4.69) is 33.9 Å². The smallest absolute Gasteiger partial charge is 0.0885 e. The highest BCUT2D eigenvalue weighted by atomic mass is 28.3. The van der Waals surface area contributed by atoms with Crippen molar-refractivity contribution in [2.24, 2.45) is 5.73 Å². The topological polar surface area (TPSA) is 46.2 Å². The van der Waals surface area contributed by atoms with Crippen LogP contribution < -0.4 is 5.73 Å². The van der Waals surface area contributed by atoms with Gasteiger partial charge in [-0.3, -0.25) is 0 Å². The Hall–Kier alpha value is 0.137. The van der Waals surface area contributed by atoms with Crippen molar-refractivity contribution in [3.63, 3.8) is 0 Å². The monoisotopic (exact) mass is 189 g/mol. The van der Waals surface area contributed by atoms with Gasteiger partial charge in [-0.25, -0.2) is 0 Å². The molecule has 74 valence electrons. The first-order valence-corrected chi connectivity index (χ1v) is 7.62. The zero-order chi connectivity index (χ0) is 10.2. The Labute approximate surface area is 77.2 Å². The van der Waals surface area contributed by atoms with Gasteiger partial charge in [0.2, 0.25) is 0 Å². The lowest BCUT2D eigenvalue weighted by molar-refractivity contribution is 0.212. The van der Waals surface area contributed by atoms with Crippen molar-refractivity contribution in [1.82, 2.24) is 0 Å². The average Bonchev–Trinajstić information content (AvgIpc) is 1.83. The van der Waals surface area contributed by atoms with E-state index in [-0.39, 0.29) is 16.8 Å². The molecule has 12 heavy (non-hydrogen) atoms. The van der Waals surface area contributed by atoms with Crippen LogP contribution in [0.15, 0.2) is 0 Å². The number of hydrogen-bond acceptors (Lipinski definition) is 2. The molecule has 0 radical (unpaired) electrons. The Bertz CT molecular complexity index is 149. The second-order valence-electron chi connectivity index (χ2n) is 5.28. The van der Waals surface area contributed by atoms with Gasteiger partial charge >= 0.3 is 0 Å².